The molecular formula is C15H21N3S. The zero-order valence-corrected chi connectivity index (χ0v) is 12.6. The van der Waals surface area contributed by atoms with Gasteiger partial charge >= 0.3 is 0 Å². The lowest BCUT2D eigenvalue weighted by molar-refractivity contribution is 0.513. The van der Waals surface area contributed by atoms with Gasteiger partial charge in [-0.2, -0.15) is 0 Å². The molecule has 1 heterocycles. The third-order valence-corrected chi connectivity index (χ3v) is 4.17. The van der Waals surface area contributed by atoms with Gasteiger partial charge in [0.2, 0.25) is 0 Å². The first-order valence-corrected chi connectivity index (χ1v) is 7.70. The summed E-state index contributed by atoms with van der Waals surface area (Å²) in [6.45, 7) is 7.48. The molecule has 0 spiro atoms. The van der Waals surface area contributed by atoms with E-state index in [1.54, 1.807) is 11.3 Å². The summed E-state index contributed by atoms with van der Waals surface area (Å²) in [6.07, 6.45) is 2.18. The Morgan fingerprint density at radius 1 is 1.16 bits per heavy atom. The first-order chi connectivity index (χ1) is 9.24. The van der Waals surface area contributed by atoms with E-state index in [9.17, 15) is 0 Å². The van der Waals surface area contributed by atoms with Crippen molar-refractivity contribution in [2.75, 3.05) is 6.54 Å². The van der Waals surface area contributed by atoms with Gasteiger partial charge in [-0.15, -0.1) is 10.2 Å². The summed E-state index contributed by atoms with van der Waals surface area (Å²) in [5.41, 5.74) is 2.42. The molecule has 2 aromatic rings. The molecule has 2 rings (SSSR count). The molecule has 1 N–H and O–H groups in total. The fraction of sp³-hybridized carbons (Fsp3) is 0.467. The topological polar surface area (TPSA) is 37.8 Å². The summed E-state index contributed by atoms with van der Waals surface area (Å²) in [5.74, 6) is 0. The monoisotopic (exact) mass is 275 g/mol. The Kier molecular flexibility index (Phi) is 5.05. The summed E-state index contributed by atoms with van der Waals surface area (Å²) in [5, 5.41) is 14.3. The molecule has 19 heavy (non-hydrogen) atoms. The number of rotatable bonds is 6. The summed E-state index contributed by atoms with van der Waals surface area (Å²) in [7, 11) is 0. The molecule has 0 aliphatic heterocycles. The van der Waals surface area contributed by atoms with E-state index in [2.05, 4.69) is 60.6 Å². The van der Waals surface area contributed by atoms with Gasteiger partial charge in [-0.1, -0.05) is 55.0 Å². The van der Waals surface area contributed by atoms with E-state index in [1.807, 2.05) is 0 Å². The zero-order valence-electron chi connectivity index (χ0n) is 11.8. The molecule has 0 fully saturated rings. The van der Waals surface area contributed by atoms with E-state index >= 15 is 0 Å². The van der Waals surface area contributed by atoms with Gasteiger partial charge in [-0.25, -0.2) is 0 Å². The van der Waals surface area contributed by atoms with Crippen LogP contribution in [0.5, 0.6) is 0 Å². The van der Waals surface area contributed by atoms with Crippen LogP contribution in [0.2, 0.25) is 0 Å². The molecule has 1 aromatic carbocycles. The maximum atomic E-state index is 4.35. The van der Waals surface area contributed by atoms with Gasteiger partial charge in [0.1, 0.15) is 10.0 Å². The zero-order chi connectivity index (χ0) is 13.7. The molecular weight excluding hydrogens is 254 g/mol. The molecule has 1 atom stereocenters. The highest BCUT2D eigenvalue weighted by atomic mass is 32.1. The molecule has 102 valence electrons. The van der Waals surface area contributed by atoms with Crippen LogP contribution >= 0.6 is 11.3 Å². The summed E-state index contributed by atoms with van der Waals surface area (Å²) in [6, 6.07) is 8.78. The van der Waals surface area contributed by atoms with E-state index in [0.29, 0.717) is 6.04 Å². The van der Waals surface area contributed by atoms with Crippen LogP contribution in [0, 0.1) is 6.92 Å². The Labute approximate surface area is 119 Å². The highest BCUT2D eigenvalue weighted by molar-refractivity contribution is 7.14. The molecule has 0 saturated carbocycles. The van der Waals surface area contributed by atoms with E-state index in [4.69, 9.17) is 0 Å². The SMILES string of the molecule is CCCNC(CC)c1nnc(-c2ccc(C)cc2)s1. The summed E-state index contributed by atoms with van der Waals surface area (Å²) in [4.78, 5) is 0. The number of aryl methyl sites for hydroxylation is 1. The van der Waals surface area contributed by atoms with Crippen LogP contribution < -0.4 is 5.32 Å². The van der Waals surface area contributed by atoms with Gasteiger partial charge in [-0.05, 0) is 26.3 Å². The standard InChI is InChI=1S/C15H21N3S/c1-4-10-16-13(5-2)15-18-17-14(19-15)12-8-6-11(3)7-9-12/h6-9,13,16H,4-5,10H2,1-3H3. The second-order valence-corrected chi connectivity index (χ2v) is 5.74. The molecule has 0 amide bonds. The highest BCUT2D eigenvalue weighted by Crippen LogP contribution is 2.28. The van der Waals surface area contributed by atoms with E-state index in [-0.39, 0.29) is 0 Å². The number of hydrogen-bond donors (Lipinski definition) is 1. The number of nitrogens with one attached hydrogen (secondary N) is 1. The normalized spacial score (nSPS) is 12.6. The lowest BCUT2D eigenvalue weighted by Gasteiger charge is -2.12. The molecule has 4 heteroatoms. The largest absolute Gasteiger partial charge is 0.308 e. The average Bonchev–Trinajstić information content (AvgIpc) is 2.90. The third-order valence-electron chi connectivity index (χ3n) is 3.09. The van der Waals surface area contributed by atoms with Crippen LogP contribution in [0.25, 0.3) is 10.6 Å². The van der Waals surface area contributed by atoms with Crippen LogP contribution in [0.15, 0.2) is 24.3 Å². The lowest BCUT2D eigenvalue weighted by Crippen LogP contribution is -2.21. The Morgan fingerprint density at radius 3 is 2.53 bits per heavy atom. The second kappa shape index (κ2) is 6.78. The van der Waals surface area contributed by atoms with Crippen LogP contribution in [-0.4, -0.2) is 16.7 Å². The predicted octanol–water partition coefficient (Wildman–Crippen LogP) is 3.96. The minimum atomic E-state index is 0.330. The number of hydrogen-bond acceptors (Lipinski definition) is 4. The van der Waals surface area contributed by atoms with Crippen LogP contribution in [-0.2, 0) is 0 Å². The molecule has 0 radical (unpaired) electrons. The first kappa shape index (κ1) is 14.2. The van der Waals surface area contributed by atoms with Crippen molar-refractivity contribution in [1.29, 1.82) is 0 Å². The van der Waals surface area contributed by atoms with Crippen molar-refractivity contribution in [3.05, 3.63) is 34.8 Å². The van der Waals surface area contributed by atoms with Gasteiger partial charge in [0.05, 0.1) is 6.04 Å². The Balaban J connectivity index is 2.15. The molecule has 1 aromatic heterocycles. The second-order valence-electron chi connectivity index (χ2n) is 4.73. The van der Waals surface area contributed by atoms with Gasteiger partial charge in [0.15, 0.2) is 0 Å². The number of aromatic nitrogens is 2. The fourth-order valence-electron chi connectivity index (χ4n) is 1.91. The van der Waals surface area contributed by atoms with Crippen molar-refractivity contribution < 1.29 is 0 Å². The number of nitrogens with zero attached hydrogens (tertiary/aromatic N) is 2. The van der Waals surface area contributed by atoms with Crippen molar-refractivity contribution in [3.8, 4) is 10.6 Å². The molecule has 0 aliphatic carbocycles. The minimum absolute atomic E-state index is 0.330. The summed E-state index contributed by atoms with van der Waals surface area (Å²) >= 11 is 1.69. The molecule has 3 nitrogen and oxygen atoms in total. The fourth-order valence-corrected chi connectivity index (χ4v) is 2.92. The quantitative estimate of drug-likeness (QED) is 0.867. The van der Waals surface area contributed by atoms with Crippen molar-refractivity contribution in [1.82, 2.24) is 15.5 Å². The minimum Gasteiger partial charge on any atom is -0.308 e. The smallest absolute Gasteiger partial charge is 0.147 e. The first-order valence-electron chi connectivity index (χ1n) is 6.88. The van der Waals surface area contributed by atoms with Crippen molar-refractivity contribution in [2.24, 2.45) is 0 Å². The Hall–Kier alpha value is -1.26. The van der Waals surface area contributed by atoms with Gasteiger partial charge < -0.3 is 5.32 Å². The third kappa shape index (κ3) is 3.61. The Bertz CT molecular complexity index is 504. The van der Waals surface area contributed by atoms with Gasteiger partial charge in [0, 0.05) is 5.56 Å². The maximum absolute atomic E-state index is 4.35. The average molecular weight is 275 g/mol. The molecule has 0 bridgehead atoms. The molecule has 0 aliphatic rings. The van der Waals surface area contributed by atoms with Crippen molar-refractivity contribution >= 4 is 11.3 Å². The predicted molar refractivity (Wildman–Crippen MR) is 81.4 cm³/mol. The van der Waals surface area contributed by atoms with E-state index in [1.165, 1.54) is 5.56 Å². The lowest BCUT2D eigenvalue weighted by atomic mass is 10.2. The number of benzene rings is 1. The van der Waals surface area contributed by atoms with E-state index in [0.717, 1.165) is 35.0 Å². The van der Waals surface area contributed by atoms with Gasteiger partial charge in [0.25, 0.3) is 0 Å². The Morgan fingerprint density at radius 2 is 1.89 bits per heavy atom. The molecule has 0 saturated heterocycles. The summed E-state index contributed by atoms with van der Waals surface area (Å²) < 4.78 is 0. The molecule has 1 unspecified atom stereocenters. The van der Waals surface area contributed by atoms with Crippen LogP contribution in [0.3, 0.4) is 0 Å². The van der Waals surface area contributed by atoms with Gasteiger partial charge in [-0.3, -0.25) is 0 Å². The highest BCUT2D eigenvalue weighted by Gasteiger charge is 2.14. The van der Waals surface area contributed by atoms with Crippen LogP contribution in [0.4, 0.5) is 0 Å². The van der Waals surface area contributed by atoms with Crippen molar-refractivity contribution in [3.63, 3.8) is 0 Å². The van der Waals surface area contributed by atoms with Crippen molar-refractivity contribution in [2.45, 2.75) is 39.7 Å². The van der Waals surface area contributed by atoms with E-state index < -0.39 is 0 Å². The van der Waals surface area contributed by atoms with Crippen LogP contribution in [0.1, 0.15) is 43.3 Å². The maximum Gasteiger partial charge on any atom is 0.147 e.